The minimum Gasteiger partial charge on any atom is -0.488 e. The molecule has 1 amide bonds. The van der Waals surface area contributed by atoms with Gasteiger partial charge in [0.25, 0.3) is 5.91 Å². The molecule has 1 aromatic carbocycles. The topological polar surface area (TPSA) is 86.2 Å². The zero-order valence-corrected chi connectivity index (χ0v) is 18.0. The molecule has 1 aliphatic heterocycles. The van der Waals surface area contributed by atoms with Crippen LogP contribution in [-0.4, -0.2) is 40.2 Å². The second-order valence-corrected chi connectivity index (χ2v) is 8.26. The Morgan fingerprint density at radius 3 is 2.73 bits per heavy atom. The van der Waals surface area contributed by atoms with Gasteiger partial charge in [-0.05, 0) is 39.0 Å². The van der Waals surface area contributed by atoms with Gasteiger partial charge < -0.3 is 14.8 Å². The van der Waals surface area contributed by atoms with Crippen molar-refractivity contribution in [3.05, 3.63) is 58.6 Å². The van der Waals surface area contributed by atoms with Gasteiger partial charge in [0.15, 0.2) is 0 Å². The summed E-state index contributed by atoms with van der Waals surface area (Å²) in [6.07, 6.45) is 4.30. The lowest BCUT2D eigenvalue weighted by molar-refractivity contribution is 0.0938. The summed E-state index contributed by atoms with van der Waals surface area (Å²) in [4.78, 5) is 26.0. The number of ether oxygens (including phenoxy) is 2. The summed E-state index contributed by atoms with van der Waals surface area (Å²) >= 11 is 1.55. The summed E-state index contributed by atoms with van der Waals surface area (Å²) in [6.45, 7) is 6.95. The van der Waals surface area contributed by atoms with E-state index in [9.17, 15) is 4.79 Å². The van der Waals surface area contributed by atoms with Gasteiger partial charge >= 0.3 is 0 Å². The van der Waals surface area contributed by atoms with Crippen LogP contribution in [0.15, 0.2) is 36.0 Å². The fourth-order valence-electron chi connectivity index (χ4n) is 3.20. The molecule has 8 heteroatoms. The normalized spacial score (nSPS) is 17.0. The minimum absolute atomic E-state index is 0.00202. The lowest BCUT2D eigenvalue weighted by atomic mass is 10.1. The highest BCUT2D eigenvalue weighted by atomic mass is 32.1. The second-order valence-electron chi connectivity index (χ2n) is 7.40. The third-order valence-corrected chi connectivity index (χ3v) is 5.88. The maximum atomic E-state index is 13.0. The highest BCUT2D eigenvalue weighted by Gasteiger charge is 2.20. The number of nitrogens with one attached hydrogen (secondary N) is 1. The van der Waals surface area contributed by atoms with Crippen LogP contribution >= 0.6 is 11.3 Å². The third kappa shape index (κ3) is 4.83. The van der Waals surface area contributed by atoms with E-state index in [2.05, 4.69) is 20.3 Å². The zero-order chi connectivity index (χ0) is 21.1. The SMILES string of the molecule is Cc1csc(-c2cc(O[C@@H]3CCOC3)cc(C(=O)N[C@H](C)c3cnc(C)nc3)c2)n1. The summed E-state index contributed by atoms with van der Waals surface area (Å²) in [5, 5.41) is 5.87. The first-order chi connectivity index (χ1) is 14.5. The molecule has 0 radical (unpaired) electrons. The van der Waals surface area contributed by atoms with E-state index in [1.54, 1.807) is 29.8 Å². The van der Waals surface area contributed by atoms with E-state index < -0.39 is 0 Å². The first-order valence-electron chi connectivity index (χ1n) is 9.89. The average Bonchev–Trinajstić information content (AvgIpc) is 3.40. The van der Waals surface area contributed by atoms with Crippen molar-refractivity contribution >= 4 is 17.2 Å². The number of thiazole rings is 1. The summed E-state index contributed by atoms with van der Waals surface area (Å²) in [7, 11) is 0. The Kier molecular flexibility index (Phi) is 6.06. The van der Waals surface area contributed by atoms with E-state index in [1.807, 2.05) is 38.3 Å². The Morgan fingerprint density at radius 1 is 1.27 bits per heavy atom. The number of carbonyl (C=O) groups is 1. The molecular weight excluding hydrogens is 400 g/mol. The highest BCUT2D eigenvalue weighted by molar-refractivity contribution is 7.13. The summed E-state index contributed by atoms with van der Waals surface area (Å²) in [5.74, 6) is 1.15. The molecule has 0 bridgehead atoms. The van der Waals surface area contributed by atoms with Crippen LogP contribution in [0.3, 0.4) is 0 Å². The molecule has 0 unspecified atom stereocenters. The first kappa shape index (κ1) is 20.4. The molecule has 7 nitrogen and oxygen atoms in total. The van der Waals surface area contributed by atoms with Gasteiger partial charge in [0.2, 0.25) is 0 Å². The van der Waals surface area contributed by atoms with Crippen molar-refractivity contribution in [2.24, 2.45) is 0 Å². The van der Waals surface area contributed by atoms with Crippen LogP contribution in [0.1, 0.15) is 46.8 Å². The van der Waals surface area contributed by atoms with Crippen molar-refractivity contribution in [2.75, 3.05) is 13.2 Å². The van der Waals surface area contributed by atoms with Crippen LogP contribution in [0.4, 0.5) is 0 Å². The van der Waals surface area contributed by atoms with Crippen molar-refractivity contribution in [1.29, 1.82) is 0 Å². The van der Waals surface area contributed by atoms with Crippen molar-refractivity contribution in [1.82, 2.24) is 20.3 Å². The minimum atomic E-state index is -0.225. The second kappa shape index (κ2) is 8.89. The number of benzene rings is 1. The monoisotopic (exact) mass is 424 g/mol. The van der Waals surface area contributed by atoms with Crippen LogP contribution in [-0.2, 0) is 4.74 Å². The smallest absolute Gasteiger partial charge is 0.251 e. The number of nitrogens with zero attached hydrogens (tertiary/aromatic N) is 3. The first-order valence-corrected chi connectivity index (χ1v) is 10.8. The summed E-state index contributed by atoms with van der Waals surface area (Å²) < 4.78 is 11.5. The summed E-state index contributed by atoms with van der Waals surface area (Å²) in [6, 6.07) is 5.33. The van der Waals surface area contributed by atoms with Gasteiger partial charge in [-0.3, -0.25) is 4.79 Å². The van der Waals surface area contributed by atoms with Gasteiger partial charge in [-0.2, -0.15) is 0 Å². The number of aryl methyl sites for hydroxylation is 2. The fraction of sp³-hybridized carbons (Fsp3) is 0.364. The maximum Gasteiger partial charge on any atom is 0.251 e. The predicted molar refractivity (Wildman–Crippen MR) is 115 cm³/mol. The highest BCUT2D eigenvalue weighted by Crippen LogP contribution is 2.30. The Labute approximate surface area is 179 Å². The van der Waals surface area contributed by atoms with Crippen molar-refractivity contribution in [2.45, 2.75) is 39.3 Å². The van der Waals surface area contributed by atoms with Crippen molar-refractivity contribution < 1.29 is 14.3 Å². The van der Waals surface area contributed by atoms with Gasteiger partial charge in [0.1, 0.15) is 22.7 Å². The lowest BCUT2D eigenvalue weighted by Crippen LogP contribution is -2.27. The van der Waals surface area contributed by atoms with Gasteiger partial charge in [0, 0.05) is 46.6 Å². The largest absolute Gasteiger partial charge is 0.488 e. The van der Waals surface area contributed by atoms with E-state index in [0.717, 1.165) is 28.2 Å². The molecule has 0 saturated carbocycles. The Morgan fingerprint density at radius 2 is 2.07 bits per heavy atom. The van der Waals surface area contributed by atoms with E-state index in [4.69, 9.17) is 9.47 Å². The maximum absolute atomic E-state index is 13.0. The fourth-order valence-corrected chi connectivity index (χ4v) is 3.98. The van der Waals surface area contributed by atoms with Crippen LogP contribution in [0.5, 0.6) is 5.75 Å². The van der Waals surface area contributed by atoms with Crippen molar-refractivity contribution in [3.63, 3.8) is 0 Å². The van der Waals surface area contributed by atoms with Gasteiger partial charge in [0.05, 0.1) is 19.3 Å². The van der Waals surface area contributed by atoms with E-state index in [-0.39, 0.29) is 18.1 Å². The van der Waals surface area contributed by atoms with Gasteiger partial charge in [-0.15, -0.1) is 11.3 Å². The van der Waals surface area contributed by atoms with E-state index in [1.165, 1.54) is 0 Å². The molecular formula is C22H24N4O3S. The molecule has 3 heterocycles. The number of carbonyl (C=O) groups excluding carboxylic acids is 1. The van der Waals surface area contributed by atoms with Crippen LogP contribution < -0.4 is 10.1 Å². The Hall–Kier alpha value is -2.84. The van der Waals surface area contributed by atoms with Crippen LogP contribution in [0, 0.1) is 13.8 Å². The summed E-state index contributed by atoms with van der Waals surface area (Å²) in [5.41, 5.74) is 3.18. The molecule has 0 aliphatic carbocycles. The molecule has 2 atom stereocenters. The van der Waals surface area contributed by atoms with Crippen LogP contribution in [0.25, 0.3) is 10.6 Å². The molecule has 3 aromatic rings. The Bertz CT molecular complexity index is 1030. The lowest BCUT2D eigenvalue weighted by Gasteiger charge is -2.16. The molecule has 1 fully saturated rings. The Balaban J connectivity index is 1.59. The third-order valence-electron chi connectivity index (χ3n) is 4.87. The van der Waals surface area contributed by atoms with Gasteiger partial charge in [-0.25, -0.2) is 15.0 Å². The molecule has 1 aliphatic rings. The van der Waals surface area contributed by atoms with Crippen LogP contribution in [0.2, 0.25) is 0 Å². The van der Waals surface area contributed by atoms with E-state index >= 15 is 0 Å². The molecule has 1 N–H and O–H groups in total. The molecule has 1 saturated heterocycles. The molecule has 4 rings (SSSR count). The predicted octanol–water partition coefficient (Wildman–Crippen LogP) is 3.88. The number of amides is 1. The van der Waals surface area contributed by atoms with Gasteiger partial charge in [-0.1, -0.05) is 0 Å². The molecule has 2 aromatic heterocycles. The molecule has 156 valence electrons. The molecule has 30 heavy (non-hydrogen) atoms. The quantitative estimate of drug-likeness (QED) is 0.646. The number of hydrogen-bond acceptors (Lipinski definition) is 7. The van der Waals surface area contributed by atoms with E-state index in [0.29, 0.717) is 30.4 Å². The average molecular weight is 425 g/mol. The molecule has 0 spiro atoms. The zero-order valence-electron chi connectivity index (χ0n) is 17.2. The number of rotatable bonds is 6. The number of hydrogen-bond donors (Lipinski definition) is 1. The van der Waals surface area contributed by atoms with Crippen molar-refractivity contribution in [3.8, 4) is 16.3 Å². The standard InChI is InChI=1S/C22H24N4O3S/c1-13-12-30-22(25-13)17-6-16(7-20(8-17)29-19-4-5-28-11-19)21(27)26-14(2)18-9-23-15(3)24-10-18/h6-10,12,14,19H,4-5,11H2,1-3H3,(H,26,27)/t14-,19-/m1/s1. The number of aromatic nitrogens is 3.